The van der Waals surface area contributed by atoms with Crippen LogP contribution in [0.1, 0.15) is 41.9 Å². The fourth-order valence-electron chi connectivity index (χ4n) is 4.36. The van der Waals surface area contributed by atoms with E-state index < -0.39 is 0 Å². The highest BCUT2D eigenvalue weighted by Crippen LogP contribution is 2.27. The Balaban J connectivity index is 1.30. The van der Waals surface area contributed by atoms with E-state index in [1.54, 1.807) is 4.90 Å². The summed E-state index contributed by atoms with van der Waals surface area (Å²) in [6.07, 6.45) is 3.02. The lowest BCUT2D eigenvalue weighted by atomic mass is 9.99. The number of rotatable bonds is 7. The van der Waals surface area contributed by atoms with Gasteiger partial charge in [0.2, 0.25) is 11.8 Å². The summed E-state index contributed by atoms with van der Waals surface area (Å²) in [4.78, 5) is 29.0. The maximum Gasteiger partial charge on any atom is 0.239 e. The first-order chi connectivity index (χ1) is 14.2. The minimum Gasteiger partial charge on any atom is -0.350 e. The third-order valence-electron chi connectivity index (χ3n) is 6.01. The molecule has 1 atom stereocenters. The van der Waals surface area contributed by atoms with E-state index in [0.717, 1.165) is 25.2 Å². The van der Waals surface area contributed by atoms with Crippen LogP contribution >= 0.6 is 0 Å². The van der Waals surface area contributed by atoms with Gasteiger partial charge in [0.1, 0.15) is 0 Å². The van der Waals surface area contributed by atoms with Gasteiger partial charge in [-0.15, -0.1) is 0 Å². The molecule has 0 radical (unpaired) electrons. The zero-order valence-corrected chi connectivity index (χ0v) is 16.8. The van der Waals surface area contributed by atoms with Gasteiger partial charge in [-0.1, -0.05) is 54.6 Å². The van der Waals surface area contributed by atoms with Crippen LogP contribution in [-0.4, -0.2) is 47.8 Å². The second-order valence-corrected chi connectivity index (χ2v) is 8.11. The quantitative estimate of drug-likeness (QED) is 0.790. The Morgan fingerprint density at radius 1 is 0.966 bits per heavy atom. The number of benzene rings is 2. The molecule has 1 N–H and O–H groups in total. The average Bonchev–Trinajstić information content (AvgIpc) is 3.38. The molecule has 5 heteroatoms. The van der Waals surface area contributed by atoms with Crippen molar-refractivity contribution in [3.8, 4) is 0 Å². The van der Waals surface area contributed by atoms with Crippen molar-refractivity contribution >= 4 is 11.8 Å². The molecule has 2 heterocycles. The highest BCUT2D eigenvalue weighted by Gasteiger charge is 2.31. The maximum atomic E-state index is 12.5. The molecule has 2 aliphatic heterocycles. The second kappa shape index (κ2) is 9.23. The summed E-state index contributed by atoms with van der Waals surface area (Å²) in [6.45, 7) is 4.50. The summed E-state index contributed by atoms with van der Waals surface area (Å²) in [5, 5.41) is 3.01. The zero-order valence-electron chi connectivity index (χ0n) is 16.8. The lowest BCUT2D eigenvalue weighted by Crippen LogP contribution is -2.38. The van der Waals surface area contributed by atoms with E-state index in [9.17, 15) is 9.59 Å². The molecule has 2 aromatic carbocycles. The number of hydrogen-bond acceptors (Lipinski definition) is 3. The van der Waals surface area contributed by atoms with Gasteiger partial charge in [0.25, 0.3) is 0 Å². The summed E-state index contributed by atoms with van der Waals surface area (Å²) in [5.74, 6) is 0.143. The van der Waals surface area contributed by atoms with Crippen molar-refractivity contribution in [1.82, 2.24) is 15.1 Å². The fourth-order valence-corrected chi connectivity index (χ4v) is 4.36. The third-order valence-corrected chi connectivity index (χ3v) is 6.01. The van der Waals surface area contributed by atoms with E-state index in [0.29, 0.717) is 19.5 Å². The van der Waals surface area contributed by atoms with Crippen molar-refractivity contribution in [1.29, 1.82) is 0 Å². The van der Waals surface area contributed by atoms with Gasteiger partial charge in [0, 0.05) is 32.0 Å². The van der Waals surface area contributed by atoms with Crippen molar-refractivity contribution < 1.29 is 9.59 Å². The Morgan fingerprint density at radius 3 is 2.41 bits per heavy atom. The Morgan fingerprint density at radius 2 is 1.66 bits per heavy atom. The Bertz CT molecular complexity index is 846. The predicted molar refractivity (Wildman–Crippen MR) is 113 cm³/mol. The third kappa shape index (κ3) is 5.04. The largest absolute Gasteiger partial charge is 0.350 e. The summed E-state index contributed by atoms with van der Waals surface area (Å²) in [7, 11) is 0. The highest BCUT2D eigenvalue weighted by atomic mass is 16.2. The molecule has 2 saturated heterocycles. The number of nitrogens with one attached hydrogen (secondary N) is 1. The summed E-state index contributed by atoms with van der Waals surface area (Å²) >= 11 is 0. The summed E-state index contributed by atoms with van der Waals surface area (Å²) in [5.41, 5.74) is 3.60. The van der Waals surface area contributed by atoms with Crippen molar-refractivity contribution in [2.75, 3.05) is 26.2 Å². The molecule has 4 rings (SSSR count). The number of hydrogen-bond donors (Lipinski definition) is 1. The molecule has 0 saturated carbocycles. The van der Waals surface area contributed by atoms with E-state index >= 15 is 0 Å². The van der Waals surface area contributed by atoms with Gasteiger partial charge in [-0.25, -0.2) is 0 Å². The molecule has 2 fully saturated rings. The van der Waals surface area contributed by atoms with Crippen molar-refractivity contribution in [2.45, 2.75) is 38.3 Å². The lowest BCUT2D eigenvalue weighted by Gasteiger charge is -2.19. The molecular weight excluding hydrogens is 362 g/mol. The van der Waals surface area contributed by atoms with Crippen molar-refractivity contribution in [2.24, 2.45) is 0 Å². The zero-order chi connectivity index (χ0) is 20.1. The van der Waals surface area contributed by atoms with Crippen LogP contribution in [0.2, 0.25) is 0 Å². The van der Waals surface area contributed by atoms with E-state index in [1.165, 1.54) is 24.0 Å². The number of carbonyl (C=O) groups excluding carboxylic acids is 2. The first-order valence-corrected chi connectivity index (χ1v) is 10.6. The summed E-state index contributed by atoms with van der Waals surface area (Å²) < 4.78 is 0. The minimum atomic E-state index is -0.0944. The van der Waals surface area contributed by atoms with Crippen LogP contribution in [0.15, 0.2) is 54.6 Å². The second-order valence-electron chi connectivity index (χ2n) is 8.11. The predicted octanol–water partition coefficient (Wildman–Crippen LogP) is 2.91. The van der Waals surface area contributed by atoms with Crippen LogP contribution in [-0.2, 0) is 22.7 Å². The van der Waals surface area contributed by atoms with Crippen molar-refractivity contribution in [3.05, 3.63) is 71.3 Å². The van der Waals surface area contributed by atoms with Gasteiger partial charge in [-0.05, 0) is 42.6 Å². The molecule has 2 aromatic rings. The van der Waals surface area contributed by atoms with Gasteiger partial charge in [-0.2, -0.15) is 0 Å². The van der Waals surface area contributed by atoms with Crippen LogP contribution in [0.4, 0.5) is 0 Å². The average molecular weight is 392 g/mol. The normalized spacial score (nSPS) is 19.7. The molecule has 5 nitrogen and oxygen atoms in total. The number of amides is 2. The summed E-state index contributed by atoms with van der Waals surface area (Å²) in [6, 6.07) is 18.4. The molecule has 29 heavy (non-hydrogen) atoms. The van der Waals surface area contributed by atoms with Gasteiger partial charge < -0.3 is 10.2 Å². The van der Waals surface area contributed by atoms with Gasteiger partial charge in [0.15, 0.2) is 0 Å². The minimum absolute atomic E-state index is 0.0587. The van der Waals surface area contributed by atoms with E-state index in [-0.39, 0.29) is 24.3 Å². The van der Waals surface area contributed by atoms with Crippen LogP contribution in [0.25, 0.3) is 0 Å². The SMILES string of the molecule is O=C(CN1CC(c2ccccc2)CC1=O)NCc1ccccc1CN1CCCC1. The Kier molecular flexibility index (Phi) is 6.25. The van der Waals surface area contributed by atoms with Gasteiger partial charge >= 0.3 is 0 Å². The standard InChI is InChI=1S/C24H29N3O2/c28-23(18-27-17-22(14-24(27)29)19-8-2-1-3-9-19)25-15-20-10-4-5-11-21(20)16-26-12-6-7-13-26/h1-5,8-11,22H,6-7,12-18H2,(H,25,28). The molecule has 152 valence electrons. The topological polar surface area (TPSA) is 52.7 Å². The molecule has 0 aromatic heterocycles. The fraction of sp³-hybridized carbons (Fsp3) is 0.417. The lowest BCUT2D eigenvalue weighted by molar-refractivity contribution is -0.133. The first kappa shape index (κ1) is 19.6. The molecule has 1 unspecified atom stereocenters. The van der Waals surface area contributed by atoms with Crippen LogP contribution in [0.3, 0.4) is 0 Å². The highest BCUT2D eigenvalue weighted by molar-refractivity contribution is 5.86. The smallest absolute Gasteiger partial charge is 0.239 e. The molecule has 2 aliphatic rings. The van der Waals surface area contributed by atoms with Gasteiger partial charge in [-0.3, -0.25) is 14.5 Å². The maximum absolute atomic E-state index is 12.5. The van der Waals surface area contributed by atoms with E-state index in [4.69, 9.17) is 0 Å². The van der Waals surface area contributed by atoms with E-state index in [2.05, 4.69) is 40.5 Å². The molecule has 2 amide bonds. The van der Waals surface area contributed by atoms with Crippen LogP contribution in [0.5, 0.6) is 0 Å². The van der Waals surface area contributed by atoms with Crippen LogP contribution in [0, 0.1) is 0 Å². The number of nitrogens with zero attached hydrogens (tertiary/aromatic N) is 2. The van der Waals surface area contributed by atoms with Crippen molar-refractivity contribution in [3.63, 3.8) is 0 Å². The monoisotopic (exact) mass is 391 g/mol. The number of likely N-dealkylation sites (tertiary alicyclic amines) is 2. The Hall–Kier alpha value is -2.66. The molecular formula is C24H29N3O2. The Labute approximate surface area is 172 Å². The molecule has 0 aliphatic carbocycles. The molecule has 0 bridgehead atoms. The van der Waals surface area contributed by atoms with Crippen LogP contribution < -0.4 is 5.32 Å². The van der Waals surface area contributed by atoms with E-state index in [1.807, 2.05) is 24.3 Å². The molecule has 0 spiro atoms. The first-order valence-electron chi connectivity index (χ1n) is 10.6. The van der Waals surface area contributed by atoms with Gasteiger partial charge in [0.05, 0.1) is 6.54 Å². The number of carbonyl (C=O) groups is 2.